The lowest BCUT2D eigenvalue weighted by molar-refractivity contribution is 0.479. The average molecular weight is 311 g/mol. The van der Waals surface area contributed by atoms with Gasteiger partial charge >= 0.3 is 0 Å². The molecule has 1 fully saturated rings. The Hall–Kier alpha value is -2.30. The summed E-state index contributed by atoms with van der Waals surface area (Å²) in [4.78, 5) is 6.79. The molecule has 5 nitrogen and oxygen atoms in total. The predicted octanol–water partition coefficient (Wildman–Crippen LogP) is 2.26. The number of benzene rings is 1. The van der Waals surface area contributed by atoms with Gasteiger partial charge in [-0.3, -0.25) is 9.67 Å². The Morgan fingerprint density at radius 1 is 1.35 bits per heavy atom. The van der Waals surface area contributed by atoms with Gasteiger partial charge in [0, 0.05) is 38.8 Å². The predicted molar refractivity (Wildman–Crippen MR) is 93.7 cm³/mol. The minimum absolute atomic E-state index is 0.600. The van der Waals surface area contributed by atoms with Gasteiger partial charge in [0.2, 0.25) is 0 Å². The fourth-order valence-electron chi connectivity index (χ4n) is 3.15. The van der Waals surface area contributed by atoms with Crippen LogP contribution in [0, 0.1) is 6.92 Å². The zero-order valence-electron chi connectivity index (χ0n) is 13.9. The van der Waals surface area contributed by atoms with Crippen LogP contribution >= 0.6 is 0 Å². The Morgan fingerprint density at radius 2 is 2.17 bits per heavy atom. The fraction of sp³-hybridized carbons (Fsp3) is 0.444. The monoisotopic (exact) mass is 311 g/mol. The van der Waals surface area contributed by atoms with Gasteiger partial charge in [0.05, 0.1) is 12.7 Å². The molecule has 5 heteroatoms. The standard InChI is InChI=1S/C18H25N5/c1-15-12-21-23(13-15)11-9-20-18(19-2)22-10-8-17(14-22)16-6-4-3-5-7-16/h3-7,12-13,17H,8-11,14H2,1-2H3,(H,19,20). The molecule has 2 aromatic rings. The summed E-state index contributed by atoms with van der Waals surface area (Å²) < 4.78 is 1.96. The Morgan fingerprint density at radius 3 is 2.87 bits per heavy atom. The van der Waals surface area contributed by atoms with Crippen LogP contribution in [0.5, 0.6) is 0 Å². The molecule has 122 valence electrons. The normalized spacial score (nSPS) is 18.4. The first kappa shape index (κ1) is 15.6. The minimum atomic E-state index is 0.600. The second-order valence-corrected chi connectivity index (χ2v) is 6.10. The van der Waals surface area contributed by atoms with E-state index in [9.17, 15) is 0 Å². The van der Waals surface area contributed by atoms with Gasteiger partial charge in [-0.15, -0.1) is 0 Å². The summed E-state index contributed by atoms with van der Waals surface area (Å²) >= 11 is 0. The highest BCUT2D eigenvalue weighted by Crippen LogP contribution is 2.26. The van der Waals surface area contributed by atoms with Crippen molar-refractivity contribution in [3.63, 3.8) is 0 Å². The van der Waals surface area contributed by atoms with Gasteiger partial charge < -0.3 is 10.2 Å². The molecule has 0 amide bonds. The van der Waals surface area contributed by atoms with E-state index in [1.54, 1.807) is 0 Å². The molecule has 1 aliphatic rings. The van der Waals surface area contributed by atoms with E-state index in [4.69, 9.17) is 0 Å². The first-order valence-electron chi connectivity index (χ1n) is 8.26. The van der Waals surface area contributed by atoms with Gasteiger partial charge in [0.1, 0.15) is 0 Å². The summed E-state index contributed by atoms with van der Waals surface area (Å²) in [6.45, 7) is 5.83. The molecule has 1 N–H and O–H groups in total. The van der Waals surface area contributed by atoms with Crippen LogP contribution in [-0.2, 0) is 6.54 Å². The summed E-state index contributed by atoms with van der Waals surface area (Å²) in [6.07, 6.45) is 5.13. The molecule has 0 saturated carbocycles. The molecule has 1 atom stereocenters. The Balaban J connectivity index is 1.51. The third-order valence-electron chi connectivity index (χ3n) is 4.36. The smallest absolute Gasteiger partial charge is 0.193 e. The summed E-state index contributed by atoms with van der Waals surface area (Å²) in [6, 6.07) is 10.8. The van der Waals surface area contributed by atoms with Crippen molar-refractivity contribution in [3.8, 4) is 0 Å². The van der Waals surface area contributed by atoms with E-state index >= 15 is 0 Å². The van der Waals surface area contributed by atoms with Crippen LogP contribution in [0.15, 0.2) is 47.7 Å². The largest absolute Gasteiger partial charge is 0.354 e. The third-order valence-corrected chi connectivity index (χ3v) is 4.36. The zero-order valence-corrected chi connectivity index (χ0v) is 13.9. The molecule has 3 rings (SSSR count). The van der Waals surface area contributed by atoms with Gasteiger partial charge in [-0.25, -0.2) is 0 Å². The average Bonchev–Trinajstić information content (AvgIpc) is 3.22. The highest BCUT2D eigenvalue weighted by atomic mass is 15.3. The van der Waals surface area contributed by atoms with Crippen molar-refractivity contribution in [2.75, 3.05) is 26.7 Å². The van der Waals surface area contributed by atoms with Gasteiger partial charge in [-0.1, -0.05) is 30.3 Å². The second kappa shape index (κ2) is 7.31. The number of hydrogen-bond donors (Lipinski definition) is 1. The number of aryl methyl sites for hydroxylation is 1. The van der Waals surface area contributed by atoms with Gasteiger partial charge in [-0.2, -0.15) is 5.10 Å². The fourth-order valence-corrected chi connectivity index (χ4v) is 3.15. The van der Waals surface area contributed by atoms with Crippen LogP contribution in [0.3, 0.4) is 0 Å². The lowest BCUT2D eigenvalue weighted by Gasteiger charge is -2.21. The zero-order chi connectivity index (χ0) is 16.1. The third kappa shape index (κ3) is 3.92. The molecule has 1 saturated heterocycles. The Bertz CT molecular complexity index is 646. The van der Waals surface area contributed by atoms with E-state index in [0.29, 0.717) is 5.92 Å². The molecule has 0 spiro atoms. The van der Waals surface area contributed by atoms with E-state index in [0.717, 1.165) is 32.1 Å². The highest BCUT2D eigenvalue weighted by Gasteiger charge is 2.25. The van der Waals surface area contributed by atoms with Crippen molar-refractivity contribution in [1.29, 1.82) is 0 Å². The van der Waals surface area contributed by atoms with Crippen molar-refractivity contribution in [3.05, 3.63) is 53.9 Å². The van der Waals surface area contributed by atoms with Gasteiger partial charge in [0.25, 0.3) is 0 Å². The van der Waals surface area contributed by atoms with Gasteiger partial charge in [-0.05, 0) is 24.5 Å². The van der Waals surface area contributed by atoms with E-state index in [1.165, 1.54) is 17.5 Å². The maximum absolute atomic E-state index is 4.44. The molecule has 2 heterocycles. The first-order chi connectivity index (χ1) is 11.3. The second-order valence-electron chi connectivity index (χ2n) is 6.10. The van der Waals surface area contributed by atoms with Crippen LogP contribution in [0.2, 0.25) is 0 Å². The number of hydrogen-bond acceptors (Lipinski definition) is 2. The number of nitrogens with zero attached hydrogens (tertiary/aromatic N) is 4. The van der Waals surface area contributed by atoms with Crippen LogP contribution < -0.4 is 5.32 Å². The molecular formula is C18H25N5. The summed E-state index contributed by atoms with van der Waals surface area (Å²) in [5.74, 6) is 1.59. The molecule has 1 unspecified atom stereocenters. The maximum Gasteiger partial charge on any atom is 0.193 e. The van der Waals surface area contributed by atoms with Crippen LogP contribution in [0.4, 0.5) is 0 Å². The van der Waals surface area contributed by atoms with E-state index in [1.807, 2.05) is 17.9 Å². The van der Waals surface area contributed by atoms with E-state index in [2.05, 4.69) is 63.8 Å². The van der Waals surface area contributed by atoms with Crippen molar-refractivity contribution < 1.29 is 0 Å². The number of nitrogens with one attached hydrogen (secondary N) is 1. The van der Waals surface area contributed by atoms with Crippen LogP contribution in [0.1, 0.15) is 23.5 Å². The van der Waals surface area contributed by atoms with Crippen molar-refractivity contribution in [2.24, 2.45) is 4.99 Å². The number of likely N-dealkylation sites (tertiary alicyclic amines) is 1. The number of aromatic nitrogens is 2. The lowest BCUT2D eigenvalue weighted by atomic mass is 9.99. The SMILES string of the molecule is CN=C(NCCn1cc(C)cn1)N1CCC(c2ccccc2)C1. The topological polar surface area (TPSA) is 45.5 Å². The molecule has 0 radical (unpaired) electrons. The molecule has 1 aromatic heterocycles. The van der Waals surface area contributed by atoms with E-state index < -0.39 is 0 Å². The highest BCUT2D eigenvalue weighted by molar-refractivity contribution is 5.80. The van der Waals surface area contributed by atoms with E-state index in [-0.39, 0.29) is 0 Å². The number of guanidine groups is 1. The van der Waals surface area contributed by atoms with Crippen LogP contribution in [-0.4, -0.2) is 47.3 Å². The summed E-state index contributed by atoms with van der Waals surface area (Å²) in [5.41, 5.74) is 2.62. The minimum Gasteiger partial charge on any atom is -0.354 e. The molecule has 1 aliphatic heterocycles. The molecule has 23 heavy (non-hydrogen) atoms. The molecule has 1 aromatic carbocycles. The quantitative estimate of drug-likeness (QED) is 0.696. The Kier molecular flexibility index (Phi) is 4.95. The number of rotatable bonds is 4. The molecular weight excluding hydrogens is 286 g/mol. The van der Waals surface area contributed by atoms with Crippen LogP contribution in [0.25, 0.3) is 0 Å². The first-order valence-corrected chi connectivity index (χ1v) is 8.26. The molecule has 0 aliphatic carbocycles. The summed E-state index contributed by atoms with van der Waals surface area (Å²) in [7, 11) is 1.86. The number of aliphatic imine (C=N–C) groups is 1. The molecule has 0 bridgehead atoms. The van der Waals surface area contributed by atoms with Crippen molar-refractivity contribution >= 4 is 5.96 Å². The van der Waals surface area contributed by atoms with Crippen molar-refractivity contribution in [1.82, 2.24) is 20.0 Å². The van der Waals surface area contributed by atoms with Gasteiger partial charge in [0.15, 0.2) is 5.96 Å². The maximum atomic E-state index is 4.44. The Labute approximate surface area is 138 Å². The van der Waals surface area contributed by atoms with Crippen molar-refractivity contribution in [2.45, 2.75) is 25.8 Å². The lowest BCUT2D eigenvalue weighted by Crippen LogP contribution is -2.41. The summed E-state index contributed by atoms with van der Waals surface area (Å²) in [5, 5.41) is 7.77.